The SMILES string of the molecule is C=C[C@H](C)C(NC=O)C(=O)CC.CC(C)N(O)CC=O.CC1(N)CC1.CC1CCCN1C.COc1nc2ccccc2c(OCCN2CCOCC2)c1CCCCCC1CCCC1.[Y]. The Labute approximate surface area is 412 Å². The first-order valence-corrected chi connectivity index (χ1v) is 23.8. The van der Waals surface area contributed by atoms with Crippen molar-refractivity contribution in [3.63, 3.8) is 0 Å². The number of likely N-dealkylation sites (tertiary alicyclic amines) is 1. The molecule has 2 saturated heterocycles. The van der Waals surface area contributed by atoms with E-state index in [9.17, 15) is 14.4 Å². The number of benzene rings is 1. The molecule has 1 radical (unpaired) electrons. The molecule has 1 amide bonds. The number of ketones is 1. The first-order valence-electron chi connectivity index (χ1n) is 23.8. The Morgan fingerprint density at radius 1 is 1.08 bits per heavy atom. The average molecular weight is 972 g/mol. The third-order valence-corrected chi connectivity index (χ3v) is 12.5. The number of aromatic nitrogens is 1. The maximum absolute atomic E-state index is 11.2. The summed E-state index contributed by atoms with van der Waals surface area (Å²) in [6.07, 6.45) is 20.5. The minimum atomic E-state index is -0.412. The Kier molecular flexibility index (Phi) is 31.7. The molecule has 2 aliphatic carbocycles. The van der Waals surface area contributed by atoms with Crippen molar-refractivity contribution >= 4 is 29.4 Å². The van der Waals surface area contributed by atoms with E-state index in [-0.39, 0.29) is 62.5 Å². The number of amides is 1. The van der Waals surface area contributed by atoms with E-state index in [1.165, 1.54) is 77.2 Å². The van der Waals surface area contributed by atoms with Crippen LogP contribution in [-0.2, 0) is 58.3 Å². The zero-order valence-electron chi connectivity index (χ0n) is 41.0. The van der Waals surface area contributed by atoms with Crippen LogP contribution in [0.25, 0.3) is 10.9 Å². The maximum Gasteiger partial charge on any atom is 0.220 e. The summed E-state index contributed by atoms with van der Waals surface area (Å²) in [5, 5.41) is 13.3. The van der Waals surface area contributed by atoms with Gasteiger partial charge in [0.25, 0.3) is 0 Å². The van der Waals surface area contributed by atoms with Gasteiger partial charge >= 0.3 is 0 Å². The molecule has 2 aromatic rings. The predicted molar refractivity (Wildman–Crippen MR) is 256 cm³/mol. The van der Waals surface area contributed by atoms with Crippen molar-refractivity contribution in [3.8, 4) is 11.6 Å². The van der Waals surface area contributed by atoms with Crippen LogP contribution in [0.4, 0.5) is 0 Å². The predicted octanol–water partition coefficient (Wildman–Crippen LogP) is 8.03. The zero-order chi connectivity index (χ0) is 46.6. The molecular formula is C50H86N6O7Y. The Morgan fingerprint density at radius 2 is 1.73 bits per heavy atom. The maximum atomic E-state index is 11.2. The molecule has 2 unspecified atom stereocenters. The molecule has 2 aliphatic heterocycles. The minimum absolute atomic E-state index is 0. The van der Waals surface area contributed by atoms with Crippen molar-refractivity contribution in [1.82, 2.24) is 25.2 Å². The van der Waals surface area contributed by atoms with Crippen molar-refractivity contribution in [1.29, 1.82) is 0 Å². The Bertz CT molecular complexity index is 1570. The molecule has 361 valence electrons. The molecule has 3 heterocycles. The average Bonchev–Trinajstić information content (AvgIpc) is 3.56. The van der Waals surface area contributed by atoms with Crippen LogP contribution in [0.3, 0.4) is 0 Å². The number of nitrogens with zero attached hydrogens (tertiary/aromatic N) is 4. The Morgan fingerprint density at radius 3 is 2.22 bits per heavy atom. The number of carbonyl (C=O) groups excluding carboxylic acids is 3. The number of pyridine rings is 1. The molecule has 0 bridgehead atoms. The number of unbranched alkanes of at least 4 members (excludes halogenated alkanes) is 2. The summed E-state index contributed by atoms with van der Waals surface area (Å²) < 4.78 is 17.6. The number of hydrogen-bond acceptors (Lipinski definition) is 12. The normalized spacial score (nSPS) is 18.8. The number of methoxy groups -OCH3 is 1. The van der Waals surface area contributed by atoms with E-state index in [1.54, 1.807) is 20.1 Å². The van der Waals surface area contributed by atoms with Gasteiger partial charge in [0.1, 0.15) is 18.6 Å². The summed E-state index contributed by atoms with van der Waals surface area (Å²) in [5.41, 5.74) is 7.78. The van der Waals surface area contributed by atoms with Crippen LogP contribution in [-0.4, -0.2) is 134 Å². The molecule has 1 aromatic carbocycles. The second kappa shape index (κ2) is 34.0. The van der Waals surface area contributed by atoms with Gasteiger partial charge in [-0.25, -0.2) is 4.98 Å². The standard InChI is InChI=1S/C26H38N2O3.C9H15NO2.C6H13N.C5H11NO2.C4H9N.Y/c1-29-26-23(13-4-2-3-9-21-10-5-6-11-21)25(22-12-7-8-14-24(22)27-26)31-20-17-28-15-18-30-19-16-28;1-4-7(3)9(10-6-11)8(12)5-2;1-6-4-3-5-7(6)2;1-5(2)6(8)3-4-7;1-4(5)2-3-4;/h7-8,12,14,21H,2-6,9-11,13,15-20H2,1H3;4,6-7,9H,1,5H2,2-3H3,(H,10,11);6H,3-5H2,1-2H3;4-5,8H,3H2,1-2H3;2-3,5H2,1H3;/t;7-,9?;;;;/m.0..../s1. The third-order valence-electron chi connectivity index (χ3n) is 12.5. The number of aldehydes is 1. The van der Waals surface area contributed by atoms with Crippen LogP contribution in [0.1, 0.15) is 131 Å². The van der Waals surface area contributed by atoms with E-state index < -0.39 is 6.04 Å². The second-order valence-corrected chi connectivity index (χ2v) is 18.2. The van der Waals surface area contributed by atoms with Crippen LogP contribution in [0.2, 0.25) is 0 Å². The largest absolute Gasteiger partial charge is 0.491 e. The molecule has 4 N–H and O–H groups in total. The van der Waals surface area contributed by atoms with Gasteiger partial charge in [-0.2, -0.15) is 5.06 Å². The first kappa shape index (κ1) is 59.7. The van der Waals surface area contributed by atoms with Crippen molar-refractivity contribution in [2.24, 2.45) is 17.6 Å². The number of carbonyl (C=O) groups is 3. The van der Waals surface area contributed by atoms with E-state index >= 15 is 0 Å². The van der Waals surface area contributed by atoms with Crippen LogP contribution >= 0.6 is 0 Å². The number of fused-ring (bicyclic) bond motifs is 1. The number of ether oxygens (including phenoxy) is 3. The molecule has 3 atom stereocenters. The summed E-state index contributed by atoms with van der Waals surface area (Å²) in [6, 6.07) is 8.71. The number of rotatable bonds is 20. The fourth-order valence-corrected chi connectivity index (χ4v) is 7.59. The Balaban J connectivity index is 0.000000504. The van der Waals surface area contributed by atoms with Crippen LogP contribution < -0.4 is 20.5 Å². The molecule has 1 aromatic heterocycles. The van der Waals surface area contributed by atoms with Crippen LogP contribution in [0, 0.1) is 11.8 Å². The van der Waals surface area contributed by atoms with E-state index in [0.717, 1.165) is 90.8 Å². The van der Waals surface area contributed by atoms with Crippen molar-refractivity contribution in [2.45, 2.75) is 155 Å². The molecule has 14 heteroatoms. The van der Waals surface area contributed by atoms with Crippen molar-refractivity contribution in [2.75, 3.05) is 66.7 Å². The molecule has 2 saturated carbocycles. The number of hydrogen-bond donors (Lipinski definition) is 3. The van der Waals surface area contributed by atoms with Gasteiger partial charge < -0.3 is 40.2 Å². The van der Waals surface area contributed by atoms with Crippen molar-refractivity contribution < 1.29 is 66.5 Å². The number of para-hydroxylation sites is 1. The topological polar surface area (TPSA) is 160 Å². The first-order chi connectivity index (χ1) is 30.2. The Hall–Kier alpha value is -2.36. The van der Waals surface area contributed by atoms with Gasteiger partial charge in [-0.1, -0.05) is 77.0 Å². The minimum Gasteiger partial charge on any atom is -0.491 e. The third kappa shape index (κ3) is 23.9. The summed E-state index contributed by atoms with van der Waals surface area (Å²) in [5.74, 6) is 2.69. The summed E-state index contributed by atoms with van der Waals surface area (Å²) in [6.45, 7) is 21.8. The van der Waals surface area contributed by atoms with Crippen LogP contribution in [0.15, 0.2) is 36.9 Å². The van der Waals surface area contributed by atoms with E-state index in [4.69, 9.17) is 30.1 Å². The molecule has 0 spiro atoms. The molecule has 64 heavy (non-hydrogen) atoms. The van der Waals surface area contributed by atoms with Gasteiger partial charge in [-0.15, -0.1) is 6.58 Å². The van der Waals surface area contributed by atoms with Gasteiger partial charge in [0.2, 0.25) is 12.3 Å². The number of nitrogens with two attached hydrogens (primary N) is 1. The quantitative estimate of drug-likeness (QED) is 0.0509. The van der Waals surface area contributed by atoms with E-state index in [0.29, 0.717) is 25.7 Å². The van der Waals surface area contributed by atoms with Gasteiger partial charge in [-0.3, -0.25) is 14.5 Å². The number of hydroxylamine groups is 2. The summed E-state index contributed by atoms with van der Waals surface area (Å²) in [4.78, 5) is 40.7. The smallest absolute Gasteiger partial charge is 0.220 e. The summed E-state index contributed by atoms with van der Waals surface area (Å²) >= 11 is 0. The number of Topliss-reactive ketones (excluding diaryl/α,β-unsaturated/α-hetero) is 1. The molecule has 13 nitrogen and oxygen atoms in total. The monoisotopic (exact) mass is 972 g/mol. The number of nitrogens with one attached hydrogen (secondary N) is 1. The molecule has 4 fully saturated rings. The fraction of sp³-hybridized carbons (Fsp3) is 0.720. The van der Waals surface area contributed by atoms with Gasteiger partial charge in [0.15, 0.2) is 5.78 Å². The van der Waals surface area contributed by atoms with Gasteiger partial charge in [-0.05, 0) is 97.9 Å². The number of morpholine rings is 1. The van der Waals surface area contributed by atoms with E-state index in [1.807, 2.05) is 32.9 Å². The zero-order valence-corrected chi connectivity index (χ0v) is 43.9. The second-order valence-electron chi connectivity index (χ2n) is 18.2. The van der Waals surface area contributed by atoms with Gasteiger partial charge in [0, 0.05) is 87.7 Å². The van der Waals surface area contributed by atoms with Gasteiger partial charge in [0.05, 0.1) is 44.0 Å². The summed E-state index contributed by atoms with van der Waals surface area (Å²) in [7, 11) is 3.91. The van der Waals surface area contributed by atoms with E-state index in [2.05, 4.69) is 54.7 Å². The fourth-order valence-electron chi connectivity index (χ4n) is 7.59. The van der Waals surface area contributed by atoms with Crippen molar-refractivity contribution in [3.05, 3.63) is 42.5 Å². The molecular weight excluding hydrogens is 885 g/mol. The molecule has 6 rings (SSSR count). The molecule has 4 aliphatic rings. The van der Waals surface area contributed by atoms with Crippen LogP contribution in [0.5, 0.6) is 11.6 Å².